The number of fused-ring (bicyclic) bond motifs is 1. The van der Waals surface area contributed by atoms with Crippen molar-refractivity contribution in [2.45, 2.75) is 19.4 Å². The highest BCUT2D eigenvalue weighted by Gasteiger charge is 2.53. The first-order valence-corrected chi connectivity index (χ1v) is 6.16. The zero-order chi connectivity index (χ0) is 13.0. The highest BCUT2D eigenvalue weighted by molar-refractivity contribution is 7.89. The molecule has 1 saturated heterocycles. The van der Waals surface area contributed by atoms with Gasteiger partial charge in [-0.2, -0.15) is 8.42 Å². The topological polar surface area (TPSA) is 112 Å². The van der Waals surface area contributed by atoms with Gasteiger partial charge in [0.1, 0.15) is 10.6 Å². The first kappa shape index (κ1) is 11.8. The van der Waals surface area contributed by atoms with Gasteiger partial charge in [-0.3, -0.25) is 14.2 Å². The molecule has 17 heavy (non-hydrogen) atoms. The fourth-order valence-electron chi connectivity index (χ4n) is 2.13. The molecule has 2 rings (SSSR count). The average Bonchev–Trinajstić information content (AvgIpc) is 2.53. The summed E-state index contributed by atoms with van der Waals surface area (Å²) in [5, 5.41) is 8.90. The molecule has 0 aliphatic carbocycles. The second-order valence-corrected chi connectivity index (χ2v) is 5.13. The molecule has 2 N–H and O–H groups in total. The normalized spacial score (nSPS) is 26.2. The Kier molecular flexibility index (Phi) is 2.37. The second-order valence-electron chi connectivity index (χ2n) is 3.69. The van der Waals surface area contributed by atoms with Crippen LogP contribution < -0.4 is 0 Å². The molecular weight excluding hydrogens is 250 g/mol. The molecule has 1 unspecified atom stereocenters. The fraction of sp³-hybridized carbons (Fsp3) is 0.333. The average molecular weight is 259 g/mol. The summed E-state index contributed by atoms with van der Waals surface area (Å²) >= 11 is 0. The van der Waals surface area contributed by atoms with E-state index >= 15 is 0 Å². The third-order valence-corrected chi connectivity index (χ3v) is 3.83. The van der Waals surface area contributed by atoms with Crippen molar-refractivity contribution in [3.8, 4) is 0 Å². The monoisotopic (exact) mass is 259 g/mol. The summed E-state index contributed by atoms with van der Waals surface area (Å²) in [6.07, 6.45) is 1.32. The van der Waals surface area contributed by atoms with Gasteiger partial charge in [0.15, 0.2) is 0 Å². The van der Waals surface area contributed by atoms with Crippen molar-refractivity contribution < 1.29 is 27.7 Å². The van der Waals surface area contributed by atoms with Gasteiger partial charge in [0.2, 0.25) is 0 Å². The lowest BCUT2D eigenvalue weighted by Crippen LogP contribution is -2.52. The van der Waals surface area contributed by atoms with Gasteiger partial charge in [0, 0.05) is 12.0 Å². The van der Waals surface area contributed by atoms with Gasteiger partial charge in [-0.05, 0) is 6.92 Å². The molecule has 2 aliphatic rings. The molecule has 1 fully saturated rings. The number of hydrogen-bond acceptors (Lipinski definition) is 4. The minimum absolute atomic E-state index is 0.189. The van der Waals surface area contributed by atoms with Gasteiger partial charge in [-0.1, -0.05) is 6.08 Å². The highest BCUT2D eigenvalue weighted by atomic mass is 32.2. The number of rotatable bonds is 2. The minimum atomic E-state index is -4.60. The van der Waals surface area contributed by atoms with Crippen LogP contribution in [-0.2, 0) is 19.7 Å². The molecule has 1 atom stereocenters. The van der Waals surface area contributed by atoms with E-state index in [4.69, 9.17) is 9.66 Å². The van der Waals surface area contributed by atoms with Crippen molar-refractivity contribution in [1.29, 1.82) is 0 Å². The number of amides is 1. The Morgan fingerprint density at radius 2 is 2.12 bits per heavy atom. The number of allylic oxidation sites excluding steroid dienone is 1. The van der Waals surface area contributed by atoms with Crippen LogP contribution >= 0.6 is 0 Å². The molecule has 2 heterocycles. The van der Waals surface area contributed by atoms with Crippen LogP contribution in [0.25, 0.3) is 0 Å². The molecule has 92 valence electrons. The fourth-order valence-corrected chi connectivity index (χ4v) is 2.93. The zero-order valence-corrected chi connectivity index (χ0v) is 9.56. The van der Waals surface area contributed by atoms with E-state index < -0.39 is 38.6 Å². The van der Waals surface area contributed by atoms with E-state index in [1.807, 2.05) is 0 Å². The lowest BCUT2D eigenvalue weighted by atomic mass is 9.94. The SMILES string of the molecule is CC=C1C(=O)N2C(C(=O)O)=C(S(=O)(=O)O)CC12. The molecule has 0 spiro atoms. The molecule has 0 saturated carbocycles. The van der Waals surface area contributed by atoms with Crippen LogP contribution in [-0.4, -0.2) is 40.9 Å². The first-order valence-electron chi connectivity index (χ1n) is 4.72. The molecule has 0 bridgehead atoms. The third-order valence-electron chi connectivity index (χ3n) is 2.85. The number of carboxylic acid groups (broad SMARTS) is 1. The van der Waals surface area contributed by atoms with Crippen LogP contribution in [0.5, 0.6) is 0 Å². The Bertz CT molecular complexity index is 585. The molecular formula is C9H9NO6S. The Morgan fingerprint density at radius 1 is 1.53 bits per heavy atom. The van der Waals surface area contributed by atoms with E-state index in [1.54, 1.807) is 6.92 Å². The van der Waals surface area contributed by atoms with Crippen LogP contribution in [0.4, 0.5) is 0 Å². The van der Waals surface area contributed by atoms with E-state index in [9.17, 15) is 18.0 Å². The van der Waals surface area contributed by atoms with Gasteiger partial charge in [0.05, 0.1) is 6.04 Å². The number of hydrogen-bond donors (Lipinski definition) is 2. The summed E-state index contributed by atoms with van der Waals surface area (Å²) in [6.45, 7) is 1.61. The molecule has 0 aromatic carbocycles. The Hall–Kier alpha value is -1.67. The maximum atomic E-state index is 11.5. The van der Waals surface area contributed by atoms with Crippen molar-refractivity contribution in [1.82, 2.24) is 4.90 Å². The predicted molar refractivity (Wildman–Crippen MR) is 55.2 cm³/mol. The second kappa shape index (κ2) is 3.41. The Balaban J connectivity index is 2.55. The van der Waals surface area contributed by atoms with E-state index in [-0.39, 0.29) is 6.42 Å². The predicted octanol–water partition coefficient (Wildman–Crippen LogP) is -0.269. The zero-order valence-electron chi connectivity index (χ0n) is 8.74. The highest BCUT2D eigenvalue weighted by Crippen LogP contribution is 2.43. The van der Waals surface area contributed by atoms with E-state index in [0.29, 0.717) is 5.57 Å². The molecule has 0 aromatic heterocycles. The summed E-state index contributed by atoms with van der Waals surface area (Å²) in [4.78, 5) is 22.8. The molecule has 8 heteroatoms. The quantitative estimate of drug-likeness (QED) is 0.401. The number of aliphatic carboxylic acids is 1. The maximum Gasteiger partial charge on any atom is 0.353 e. The van der Waals surface area contributed by atoms with Gasteiger partial charge in [0.25, 0.3) is 16.0 Å². The van der Waals surface area contributed by atoms with Gasteiger partial charge in [-0.15, -0.1) is 0 Å². The summed E-state index contributed by atoms with van der Waals surface area (Å²) in [6, 6.07) is -0.587. The summed E-state index contributed by atoms with van der Waals surface area (Å²) in [5.74, 6) is -2.07. The van der Waals surface area contributed by atoms with Crippen LogP contribution in [0.15, 0.2) is 22.3 Å². The van der Waals surface area contributed by atoms with Crippen LogP contribution in [0.1, 0.15) is 13.3 Å². The smallest absolute Gasteiger partial charge is 0.353 e. The van der Waals surface area contributed by atoms with Crippen molar-refractivity contribution in [3.05, 3.63) is 22.3 Å². The largest absolute Gasteiger partial charge is 0.477 e. The number of β-lactam (4-membered cyclic amide) rings is 1. The summed E-state index contributed by atoms with van der Waals surface area (Å²) < 4.78 is 31.0. The van der Waals surface area contributed by atoms with Crippen molar-refractivity contribution in [2.75, 3.05) is 0 Å². The van der Waals surface area contributed by atoms with Crippen molar-refractivity contribution >= 4 is 22.0 Å². The van der Waals surface area contributed by atoms with Gasteiger partial charge < -0.3 is 5.11 Å². The first-order chi connectivity index (χ1) is 7.79. The molecule has 7 nitrogen and oxygen atoms in total. The van der Waals surface area contributed by atoms with Crippen molar-refractivity contribution in [3.63, 3.8) is 0 Å². The van der Waals surface area contributed by atoms with Gasteiger partial charge in [-0.25, -0.2) is 4.79 Å². The van der Waals surface area contributed by atoms with E-state index in [2.05, 4.69) is 0 Å². The Morgan fingerprint density at radius 3 is 2.53 bits per heavy atom. The van der Waals surface area contributed by atoms with Crippen LogP contribution in [0.2, 0.25) is 0 Å². The summed E-state index contributed by atoms with van der Waals surface area (Å²) in [7, 11) is -4.60. The van der Waals surface area contributed by atoms with Crippen molar-refractivity contribution in [2.24, 2.45) is 0 Å². The summed E-state index contributed by atoms with van der Waals surface area (Å²) in [5.41, 5.74) is -0.282. The lowest BCUT2D eigenvalue weighted by molar-refractivity contribution is -0.142. The standard InChI is InChI=1S/C9H9NO6S/c1-2-4-5-3-6(17(14,15)16)7(9(12)13)10(5)8(4)11/h2,5H,3H2,1H3,(H,12,13)(H,14,15,16). The number of carbonyl (C=O) groups excluding carboxylic acids is 1. The number of carboxylic acids is 1. The third kappa shape index (κ3) is 1.48. The lowest BCUT2D eigenvalue weighted by Gasteiger charge is -2.37. The maximum absolute atomic E-state index is 11.5. The minimum Gasteiger partial charge on any atom is -0.477 e. The number of nitrogens with zero attached hydrogens (tertiary/aromatic N) is 1. The number of carbonyl (C=O) groups is 2. The molecule has 0 aromatic rings. The van der Waals surface area contributed by atoms with Crippen LogP contribution in [0.3, 0.4) is 0 Å². The molecule has 2 aliphatic heterocycles. The van der Waals surface area contributed by atoms with E-state index in [1.165, 1.54) is 6.08 Å². The van der Waals surface area contributed by atoms with Crippen LogP contribution in [0, 0.1) is 0 Å². The van der Waals surface area contributed by atoms with E-state index in [0.717, 1.165) is 4.90 Å². The Labute approximate surface area is 96.8 Å². The molecule has 1 amide bonds. The van der Waals surface area contributed by atoms with Gasteiger partial charge >= 0.3 is 5.97 Å². The molecule has 0 radical (unpaired) electrons.